The Hall–Kier alpha value is -7.46. The molecule has 0 bridgehead atoms. The molecule has 0 atom stereocenters. The Labute approximate surface area is 463 Å². The summed E-state index contributed by atoms with van der Waals surface area (Å²) < 4.78 is 113. The molecule has 0 amide bonds. The molecule has 408 valence electrons. The van der Waals surface area contributed by atoms with Gasteiger partial charge in [0.1, 0.15) is 0 Å². The van der Waals surface area contributed by atoms with Crippen molar-refractivity contribution in [3.63, 3.8) is 0 Å². The maximum atomic E-state index is 15.9. The number of aryl methyl sites for hydroxylation is 2. The molecule has 0 saturated heterocycles. The summed E-state index contributed by atoms with van der Waals surface area (Å²) in [6.07, 6.45) is -8.22. The summed E-state index contributed by atoms with van der Waals surface area (Å²) in [5.41, 5.74) is -0.637. The molecule has 0 unspecified atom stereocenters. The van der Waals surface area contributed by atoms with E-state index >= 15 is 35.9 Å². The van der Waals surface area contributed by atoms with Crippen LogP contribution in [-0.2, 0) is 34.1 Å². The van der Waals surface area contributed by atoms with E-state index in [9.17, 15) is 0 Å². The molecule has 0 spiro atoms. The Bertz CT molecular complexity index is 3090. The Morgan fingerprint density at radius 3 is 0.887 bits per heavy atom. The molecule has 5 nitrogen and oxygen atoms in total. The van der Waals surface area contributed by atoms with Gasteiger partial charge in [-0.05, 0) is 0 Å². The van der Waals surface area contributed by atoms with Gasteiger partial charge in [-0.15, -0.1) is 0 Å². The SMILES string of the molecule is CCCc1ccc(C(=O)CP(OB(Oc2cc(C(F)(F)F)cc(C(F)(F)F)c2)OP(CC(=O)c2ccc(CCC)cc2)(c2ccccc2)(c2ccccc2)c2ccccc2)(c2ccccc2)(c2ccccc2)c2ccccc2)cc1. The van der Waals surface area contributed by atoms with Crippen molar-refractivity contribution in [1.29, 1.82) is 0 Å². The van der Waals surface area contributed by atoms with Gasteiger partial charge in [0.15, 0.2) is 0 Å². The molecule has 9 aromatic rings. The predicted octanol–water partition coefficient (Wildman–Crippen LogP) is 14.7. The standard InChI is InChI=1S/C66H59BF6O5P2/c1-3-23-50-37-41-52(42-38-50)63(74)48-79(57-25-11-5-12-26-57,58-27-13-6-14-28-58,59-29-15-7-16-30-59)77-67(76-56-46-54(65(68,69)70)45-55(47-56)66(71,72)73)78-80(60-31-17-8-18-32-60,61-33-19-9-20-34-61,62-35-21-10-22-36-62)49-64(75)53-43-39-51(24-4-2)40-44-53/h5-22,25-47H,3-4,23-24,48-49H2,1-2H3. The van der Waals surface area contributed by atoms with Crippen LogP contribution in [0.25, 0.3) is 0 Å². The van der Waals surface area contributed by atoms with Crippen LogP contribution < -0.4 is 36.5 Å². The van der Waals surface area contributed by atoms with Gasteiger partial charge >= 0.3 is 466 Å². The molecular formula is C66H59BF6O5P2. The second-order valence-electron chi connectivity index (χ2n) is 19.9. The summed E-state index contributed by atoms with van der Waals surface area (Å²) in [4.78, 5) is 31.7. The first kappa shape index (κ1) is 57.2. The molecule has 0 heterocycles. The van der Waals surface area contributed by atoms with Crippen molar-refractivity contribution < 1.29 is 49.5 Å². The fraction of sp³-hybridized carbons (Fsp3) is 0.152. The van der Waals surface area contributed by atoms with Crippen molar-refractivity contribution in [2.75, 3.05) is 12.3 Å². The number of alkyl halides is 6. The van der Waals surface area contributed by atoms with Crippen LogP contribution >= 0.6 is 13.7 Å². The zero-order valence-electron chi connectivity index (χ0n) is 44.2. The van der Waals surface area contributed by atoms with E-state index in [1.807, 2.05) is 24.3 Å². The van der Waals surface area contributed by atoms with Gasteiger partial charge in [-0.2, -0.15) is 0 Å². The van der Waals surface area contributed by atoms with E-state index in [4.69, 9.17) is 13.5 Å². The average molecular weight is 1120 g/mol. The molecule has 80 heavy (non-hydrogen) atoms. The summed E-state index contributed by atoms with van der Waals surface area (Å²) in [7, 11) is -2.37. The number of ketones is 2. The van der Waals surface area contributed by atoms with E-state index in [0.29, 0.717) is 55.1 Å². The summed E-state index contributed by atoms with van der Waals surface area (Å²) in [5.74, 6) is -1.70. The van der Waals surface area contributed by atoms with E-state index in [0.717, 1.165) is 36.8 Å². The molecule has 0 saturated carbocycles. The number of benzene rings is 9. The Balaban J connectivity index is 1.45. The van der Waals surface area contributed by atoms with Crippen molar-refractivity contribution in [2.24, 2.45) is 0 Å². The molecule has 0 aromatic heterocycles. The first-order valence-electron chi connectivity index (χ1n) is 26.5. The van der Waals surface area contributed by atoms with Gasteiger partial charge in [0.05, 0.1) is 0 Å². The fourth-order valence-corrected chi connectivity index (χ4v) is 22.0. The van der Waals surface area contributed by atoms with Gasteiger partial charge in [-0.3, -0.25) is 0 Å². The summed E-state index contributed by atoms with van der Waals surface area (Å²) in [5, 5.41) is 2.70. The van der Waals surface area contributed by atoms with E-state index < -0.39 is 74.1 Å². The topological polar surface area (TPSA) is 61.8 Å². The van der Waals surface area contributed by atoms with Crippen LogP contribution in [0.4, 0.5) is 26.3 Å². The normalized spacial score (nSPS) is 13.1. The maximum absolute atomic E-state index is 15.9. The van der Waals surface area contributed by atoms with Crippen LogP contribution in [0.3, 0.4) is 0 Å². The van der Waals surface area contributed by atoms with Gasteiger partial charge in [0.2, 0.25) is 0 Å². The molecule has 0 fully saturated rings. The third-order valence-electron chi connectivity index (χ3n) is 14.8. The monoisotopic (exact) mass is 1120 g/mol. The van der Waals surface area contributed by atoms with Crippen LogP contribution in [0.15, 0.2) is 249 Å². The molecule has 0 aliphatic carbocycles. The van der Waals surface area contributed by atoms with Gasteiger partial charge in [-0.25, -0.2) is 0 Å². The van der Waals surface area contributed by atoms with Crippen LogP contribution in [0.2, 0.25) is 0 Å². The fourth-order valence-electron chi connectivity index (χ4n) is 10.9. The van der Waals surface area contributed by atoms with Crippen molar-refractivity contribution in [3.05, 3.63) is 282 Å². The number of carbonyl (C=O) groups excluding carboxylic acids is 2. The number of hydrogen-bond donors (Lipinski definition) is 0. The Kier molecular flexibility index (Phi) is 17.0. The van der Waals surface area contributed by atoms with Crippen LogP contribution in [-0.4, -0.2) is 31.2 Å². The quantitative estimate of drug-likeness (QED) is 0.0293. The zero-order valence-corrected chi connectivity index (χ0v) is 46.0. The van der Waals surface area contributed by atoms with Crippen LogP contribution in [0.5, 0.6) is 5.75 Å². The van der Waals surface area contributed by atoms with E-state index in [2.05, 4.69) is 13.8 Å². The van der Waals surface area contributed by atoms with E-state index in [1.165, 1.54) is 0 Å². The molecule has 0 aliphatic heterocycles. The van der Waals surface area contributed by atoms with Crippen LogP contribution in [0.1, 0.15) is 69.7 Å². The zero-order chi connectivity index (χ0) is 56.5. The van der Waals surface area contributed by atoms with Gasteiger partial charge in [0, 0.05) is 0 Å². The van der Waals surface area contributed by atoms with Crippen molar-refractivity contribution in [3.8, 4) is 5.75 Å². The molecule has 0 aliphatic rings. The number of halogens is 6. The Morgan fingerprint density at radius 1 is 0.388 bits per heavy atom. The third kappa shape index (κ3) is 11.2. The van der Waals surface area contributed by atoms with Gasteiger partial charge in [-0.1, -0.05) is 0 Å². The second kappa shape index (κ2) is 23.7. The molecule has 9 aromatic carbocycles. The Morgan fingerprint density at radius 2 is 0.650 bits per heavy atom. The first-order valence-corrected chi connectivity index (χ1v) is 31.1. The molecule has 0 N–H and O–H groups in total. The number of hydrogen-bond acceptors (Lipinski definition) is 5. The van der Waals surface area contributed by atoms with Crippen LogP contribution in [0, 0.1) is 0 Å². The van der Waals surface area contributed by atoms with E-state index in [1.54, 1.807) is 206 Å². The predicted molar refractivity (Wildman–Crippen MR) is 315 cm³/mol. The van der Waals surface area contributed by atoms with Gasteiger partial charge < -0.3 is 0 Å². The number of rotatable bonds is 22. The van der Waals surface area contributed by atoms with Crippen molar-refractivity contribution in [2.45, 2.75) is 51.9 Å². The number of carbonyl (C=O) groups is 2. The summed E-state index contributed by atoms with van der Waals surface area (Å²) >= 11 is 0. The first-order chi connectivity index (χ1) is 38.5. The van der Waals surface area contributed by atoms with Crippen molar-refractivity contribution >= 4 is 64.4 Å². The minimum absolute atomic E-state index is 0.0221. The number of Topliss-reactive ketones (excluding diaryl/α,β-unsaturated/α-hetero) is 2. The molecule has 9 rings (SSSR count). The molecule has 0 radical (unpaired) electrons. The summed E-state index contributed by atoms with van der Waals surface area (Å²) in [6, 6.07) is 69.2. The third-order valence-corrected chi connectivity index (χ3v) is 26.2. The van der Waals surface area contributed by atoms with E-state index in [-0.39, 0.29) is 6.07 Å². The second-order valence-corrected chi connectivity index (χ2v) is 28.9. The molecule has 14 heteroatoms. The van der Waals surface area contributed by atoms with Gasteiger partial charge in [0.25, 0.3) is 0 Å². The minimum atomic E-state index is -5.29. The summed E-state index contributed by atoms with van der Waals surface area (Å²) in [6.45, 7) is -6.48. The molecular weight excluding hydrogens is 1060 g/mol. The van der Waals surface area contributed by atoms with Crippen molar-refractivity contribution in [1.82, 2.24) is 0 Å². The average Bonchev–Trinajstić information content (AvgIpc) is 3.61.